The third-order valence-corrected chi connectivity index (χ3v) is 2.56. The van der Waals surface area contributed by atoms with Crippen molar-refractivity contribution in [1.82, 2.24) is 4.98 Å². The van der Waals surface area contributed by atoms with E-state index in [1.54, 1.807) is 6.07 Å². The van der Waals surface area contributed by atoms with Crippen LogP contribution in [0.4, 0.5) is 4.39 Å². The third kappa shape index (κ3) is 2.56. The number of benzene rings is 1. The highest BCUT2D eigenvalue weighted by Crippen LogP contribution is 2.11. The molecule has 0 unspecified atom stereocenters. The van der Waals surface area contributed by atoms with Gasteiger partial charge in [0, 0.05) is 5.56 Å². The summed E-state index contributed by atoms with van der Waals surface area (Å²) in [6.45, 7) is 2.03. The second kappa shape index (κ2) is 4.87. The monoisotopic (exact) mass is 229 g/mol. The number of nitrogens with zero attached hydrogens (tertiary/aromatic N) is 1. The number of carbonyl (C=O) groups is 1. The molecule has 1 aromatic carbocycles. The Bertz CT molecular complexity index is 534. The molecule has 0 atom stereocenters. The van der Waals surface area contributed by atoms with Gasteiger partial charge in [0.2, 0.25) is 5.78 Å². The molecule has 2 aromatic rings. The van der Waals surface area contributed by atoms with Crippen LogP contribution in [-0.4, -0.2) is 10.8 Å². The van der Waals surface area contributed by atoms with Gasteiger partial charge in [-0.2, -0.15) is 0 Å². The van der Waals surface area contributed by atoms with Crippen LogP contribution >= 0.6 is 0 Å². The van der Waals surface area contributed by atoms with Gasteiger partial charge >= 0.3 is 0 Å². The van der Waals surface area contributed by atoms with E-state index in [2.05, 4.69) is 4.98 Å². The second-order valence-electron chi connectivity index (χ2n) is 3.74. The number of carbonyl (C=O) groups excluding carboxylic acids is 1. The summed E-state index contributed by atoms with van der Waals surface area (Å²) in [5.41, 5.74) is 1.95. The summed E-state index contributed by atoms with van der Waals surface area (Å²) in [5.74, 6) is -0.621. The molecule has 1 aromatic heterocycles. The largest absolute Gasteiger partial charge is 0.287 e. The van der Waals surface area contributed by atoms with Crippen LogP contribution < -0.4 is 0 Å². The smallest absolute Gasteiger partial charge is 0.211 e. The molecule has 3 heteroatoms. The lowest BCUT2D eigenvalue weighted by Crippen LogP contribution is -2.04. The van der Waals surface area contributed by atoms with Crippen LogP contribution in [0.2, 0.25) is 0 Å². The fraction of sp³-hybridized carbons (Fsp3) is 0.143. The lowest BCUT2D eigenvalue weighted by Gasteiger charge is -2.02. The maximum absolute atomic E-state index is 12.7. The van der Waals surface area contributed by atoms with Gasteiger partial charge in [0.15, 0.2) is 0 Å². The van der Waals surface area contributed by atoms with Gasteiger partial charge in [-0.1, -0.05) is 25.1 Å². The number of aromatic nitrogens is 1. The van der Waals surface area contributed by atoms with E-state index in [0.717, 1.165) is 18.2 Å². The summed E-state index contributed by atoms with van der Waals surface area (Å²) in [6.07, 6.45) is 1.93. The first-order chi connectivity index (χ1) is 8.20. The van der Waals surface area contributed by atoms with Gasteiger partial charge in [0.1, 0.15) is 11.5 Å². The first-order valence-electron chi connectivity index (χ1n) is 5.46. The van der Waals surface area contributed by atoms with Crippen molar-refractivity contribution in [2.75, 3.05) is 0 Å². The summed E-state index contributed by atoms with van der Waals surface area (Å²) in [5, 5.41) is 0. The minimum Gasteiger partial charge on any atom is -0.287 e. The van der Waals surface area contributed by atoms with Gasteiger partial charge < -0.3 is 0 Å². The maximum Gasteiger partial charge on any atom is 0.211 e. The minimum absolute atomic E-state index is 0.180. The third-order valence-electron chi connectivity index (χ3n) is 2.56. The topological polar surface area (TPSA) is 30.0 Å². The molecule has 0 N–H and O–H groups in total. The van der Waals surface area contributed by atoms with Gasteiger partial charge in [0.05, 0.1) is 6.20 Å². The molecule has 0 spiro atoms. The molecule has 2 rings (SSSR count). The molecule has 0 bridgehead atoms. The number of halogens is 1. The fourth-order valence-corrected chi connectivity index (χ4v) is 1.59. The minimum atomic E-state index is -0.441. The van der Waals surface area contributed by atoms with Gasteiger partial charge in [-0.05, 0) is 30.2 Å². The molecular weight excluding hydrogens is 217 g/mol. The van der Waals surface area contributed by atoms with Crippen LogP contribution in [0.1, 0.15) is 28.5 Å². The molecule has 86 valence electrons. The highest BCUT2D eigenvalue weighted by molar-refractivity contribution is 6.07. The molecule has 0 aliphatic rings. The number of aryl methyl sites for hydroxylation is 1. The van der Waals surface area contributed by atoms with E-state index in [4.69, 9.17) is 0 Å². The highest BCUT2D eigenvalue weighted by Gasteiger charge is 2.10. The summed E-state index contributed by atoms with van der Waals surface area (Å²) in [4.78, 5) is 15.8. The lowest BCUT2D eigenvalue weighted by atomic mass is 10.0. The molecule has 0 fully saturated rings. The van der Waals surface area contributed by atoms with Crippen molar-refractivity contribution in [3.05, 3.63) is 65.2 Å². The summed E-state index contributed by atoms with van der Waals surface area (Å²) < 4.78 is 12.7. The number of rotatable bonds is 3. The summed E-state index contributed by atoms with van der Waals surface area (Å²) in [7, 11) is 0. The molecular formula is C14H12FNO. The standard InChI is InChI=1S/C14H12FNO/c1-2-10-4-3-5-11(8-10)14(17)13-7-6-12(15)9-16-13/h3-9H,2H2,1H3. The number of hydrogen-bond donors (Lipinski definition) is 0. The molecule has 0 radical (unpaired) electrons. The zero-order valence-corrected chi connectivity index (χ0v) is 9.48. The fourth-order valence-electron chi connectivity index (χ4n) is 1.59. The molecule has 0 aliphatic heterocycles. The van der Waals surface area contributed by atoms with Crippen LogP contribution in [-0.2, 0) is 6.42 Å². The van der Waals surface area contributed by atoms with E-state index < -0.39 is 5.82 Å². The van der Waals surface area contributed by atoms with E-state index >= 15 is 0 Å². The Balaban J connectivity index is 2.33. The van der Waals surface area contributed by atoms with Crippen LogP contribution in [0.25, 0.3) is 0 Å². The van der Waals surface area contributed by atoms with Crippen molar-refractivity contribution in [3.63, 3.8) is 0 Å². The van der Waals surface area contributed by atoms with Crippen LogP contribution in [0.3, 0.4) is 0 Å². The molecule has 0 aliphatic carbocycles. The zero-order chi connectivity index (χ0) is 12.3. The van der Waals surface area contributed by atoms with Crippen molar-refractivity contribution in [3.8, 4) is 0 Å². The molecule has 0 saturated carbocycles. The predicted molar refractivity (Wildman–Crippen MR) is 63.4 cm³/mol. The Morgan fingerprint density at radius 1 is 1.29 bits per heavy atom. The predicted octanol–water partition coefficient (Wildman–Crippen LogP) is 3.01. The number of ketones is 1. The van der Waals surface area contributed by atoms with Crippen molar-refractivity contribution < 1.29 is 9.18 Å². The van der Waals surface area contributed by atoms with Gasteiger partial charge in [-0.25, -0.2) is 9.37 Å². The zero-order valence-electron chi connectivity index (χ0n) is 9.48. The molecule has 17 heavy (non-hydrogen) atoms. The van der Waals surface area contributed by atoms with Gasteiger partial charge in [-0.15, -0.1) is 0 Å². The van der Waals surface area contributed by atoms with Gasteiger partial charge in [-0.3, -0.25) is 4.79 Å². The van der Waals surface area contributed by atoms with Crippen molar-refractivity contribution in [1.29, 1.82) is 0 Å². The molecule has 0 saturated heterocycles. The molecule has 1 heterocycles. The molecule has 2 nitrogen and oxygen atoms in total. The van der Waals surface area contributed by atoms with Gasteiger partial charge in [0.25, 0.3) is 0 Å². The average Bonchev–Trinajstić information content (AvgIpc) is 2.39. The summed E-state index contributed by atoms with van der Waals surface area (Å²) >= 11 is 0. The van der Waals surface area contributed by atoms with Crippen molar-refractivity contribution >= 4 is 5.78 Å². The van der Waals surface area contributed by atoms with E-state index in [1.807, 2.05) is 25.1 Å². The number of hydrogen-bond acceptors (Lipinski definition) is 2. The Morgan fingerprint density at radius 2 is 2.12 bits per heavy atom. The maximum atomic E-state index is 12.7. The lowest BCUT2D eigenvalue weighted by molar-refractivity contribution is 0.103. The van der Waals surface area contributed by atoms with E-state index in [0.29, 0.717) is 5.56 Å². The average molecular weight is 229 g/mol. The SMILES string of the molecule is CCc1cccc(C(=O)c2ccc(F)cn2)c1. The Labute approximate surface area is 99.1 Å². The number of pyridine rings is 1. The Morgan fingerprint density at radius 3 is 2.76 bits per heavy atom. The Kier molecular flexibility index (Phi) is 3.28. The van der Waals surface area contributed by atoms with Crippen LogP contribution in [0, 0.1) is 5.82 Å². The highest BCUT2D eigenvalue weighted by atomic mass is 19.1. The summed E-state index contributed by atoms with van der Waals surface area (Å²) in [6, 6.07) is 10.0. The van der Waals surface area contributed by atoms with Crippen molar-refractivity contribution in [2.45, 2.75) is 13.3 Å². The molecule has 0 amide bonds. The van der Waals surface area contributed by atoms with E-state index in [-0.39, 0.29) is 11.5 Å². The van der Waals surface area contributed by atoms with E-state index in [9.17, 15) is 9.18 Å². The van der Waals surface area contributed by atoms with Crippen molar-refractivity contribution in [2.24, 2.45) is 0 Å². The normalized spacial score (nSPS) is 10.2. The van der Waals surface area contributed by atoms with E-state index in [1.165, 1.54) is 12.1 Å². The first-order valence-corrected chi connectivity index (χ1v) is 5.46. The Hall–Kier alpha value is -2.03. The van der Waals surface area contributed by atoms with Crippen LogP contribution in [0.15, 0.2) is 42.6 Å². The first kappa shape index (κ1) is 11.5. The van der Waals surface area contributed by atoms with Crippen LogP contribution in [0.5, 0.6) is 0 Å². The second-order valence-corrected chi connectivity index (χ2v) is 3.74. The quantitative estimate of drug-likeness (QED) is 0.757.